The van der Waals surface area contributed by atoms with E-state index in [2.05, 4.69) is 5.32 Å². The molecule has 1 atom stereocenters. The van der Waals surface area contributed by atoms with Crippen LogP contribution < -0.4 is 14.4 Å². The highest BCUT2D eigenvalue weighted by molar-refractivity contribution is 7.92. The summed E-state index contributed by atoms with van der Waals surface area (Å²) in [4.78, 5) is 37.3. The molecule has 11 nitrogen and oxygen atoms in total. The van der Waals surface area contributed by atoms with Crippen LogP contribution >= 0.6 is 0 Å². The van der Waals surface area contributed by atoms with Crippen molar-refractivity contribution in [1.29, 1.82) is 0 Å². The number of carbonyl (C=O) groups excluding carboxylic acids is 2. The monoisotopic (exact) mass is 478 g/mol. The van der Waals surface area contributed by atoms with Gasteiger partial charge in [-0.05, 0) is 30.7 Å². The van der Waals surface area contributed by atoms with E-state index < -0.39 is 39.3 Å². The number of methoxy groups -OCH3 is 1. The normalized spacial score (nSPS) is 11.9. The van der Waals surface area contributed by atoms with Gasteiger partial charge in [-0.25, -0.2) is 8.42 Å². The Balaban J connectivity index is 2.40. The molecule has 0 bridgehead atoms. The number of non-ortho nitro benzene ring substituents is 1. The molecule has 0 spiro atoms. The van der Waals surface area contributed by atoms with E-state index in [-0.39, 0.29) is 17.9 Å². The van der Waals surface area contributed by atoms with Gasteiger partial charge < -0.3 is 15.0 Å². The first-order valence-corrected chi connectivity index (χ1v) is 11.7. The number of nitro groups is 1. The molecule has 0 saturated heterocycles. The molecule has 2 rings (SSSR count). The van der Waals surface area contributed by atoms with Gasteiger partial charge in [-0.2, -0.15) is 0 Å². The summed E-state index contributed by atoms with van der Waals surface area (Å²) < 4.78 is 30.8. The summed E-state index contributed by atoms with van der Waals surface area (Å²) in [6.07, 6.45) is 0.898. The van der Waals surface area contributed by atoms with Gasteiger partial charge in [0.05, 0.1) is 24.0 Å². The standard InChI is InChI=1S/C21H26N4O7S/c1-15(21(27)22-2)23(13-16-8-10-19(32-3)11-9-16)20(26)14-24(33(4,30)31)17-6-5-7-18(12-17)25(28)29/h5-12,15H,13-14H2,1-4H3,(H,22,27)/t15-/m1/s1. The van der Waals surface area contributed by atoms with Gasteiger partial charge in [-0.1, -0.05) is 18.2 Å². The minimum absolute atomic E-state index is 0.0305. The number of nitrogens with zero attached hydrogens (tertiary/aromatic N) is 3. The van der Waals surface area contributed by atoms with Crippen molar-refractivity contribution in [3.05, 3.63) is 64.2 Å². The second kappa shape index (κ2) is 10.8. The fourth-order valence-corrected chi connectivity index (χ4v) is 3.94. The molecule has 1 N–H and O–H groups in total. The lowest BCUT2D eigenvalue weighted by atomic mass is 10.1. The number of nitro benzene ring substituents is 1. The third-order valence-corrected chi connectivity index (χ3v) is 6.07. The van der Waals surface area contributed by atoms with Gasteiger partial charge >= 0.3 is 0 Å². The number of nitrogens with one attached hydrogen (secondary N) is 1. The van der Waals surface area contributed by atoms with Gasteiger partial charge in [0.25, 0.3) is 5.69 Å². The molecule has 0 aliphatic carbocycles. The smallest absolute Gasteiger partial charge is 0.271 e. The summed E-state index contributed by atoms with van der Waals surface area (Å²) >= 11 is 0. The molecule has 178 valence electrons. The molecule has 0 saturated carbocycles. The van der Waals surface area contributed by atoms with Crippen molar-refractivity contribution in [2.45, 2.75) is 19.5 Å². The van der Waals surface area contributed by atoms with Crippen molar-refractivity contribution in [3.8, 4) is 5.75 Å². The van der Waals surface area contributed by atoms with E-state index in [9.17, 15) is 28.1 Å². The van der Waals surface area contributed by atoms with E-state index in [1.54, 1.807) is 24.3 Å². The van der Waals surface area contributed by atoms with Crippen LogP contribution in [0, 0.1) is 10.1 Å². The van der Waals surface area contributed by atoms with Crippen molar-refractivity contribution in [2.24, 2.45) is 0 Å². The van der Waals surface area contributed by atoms with Gasteiger partial charge in [0.15, 0.2) is 0 Å². The fourth-order valence-electron chi connectivity index (χ4n) is 3.09. The minimum atomic E-state index is -3.98. The number of ether oxygens (including phenoxy) is 1. The van der Waals surface area contributed by atoms with Crippen molar-refractivity contribution in [2.75, 3.05) is 31.3 Å². The molecule has 0 aliphatic heterocycles. The molecule has 2 amide bonds. The molecular weight excluding hydrogens is 452 g/mol. The number of anilines is 1. The first kappa shape index (κ1) is 25.6. The summed E-state index contributed by atoms with van der Waals surface area (Å²) in [6, 6.07) is 10.9. The predicted molar refractivity (Wildman–Crippen MR) is 122 cm³/mol. The highest BCUT2D eigenvalue weighted by atomic mass is 32.2. The number of rotatable bonds is 10. The van der Waals surface area contributed by atoms with Crippen LogP contribution in [0.2, 0.25) is 0 Å². The van der Waals surface area contributed by atoms with Gasteiger partial charge in [0.1, 0.15) is 18.3 Å². The van der Waals surface area contributed by atoms with E-state index in [0.29, 0.717) is 11.3 Å². The maximum absolute atomic E-state index is 13.3. The summed E-state index contributed by atoms with van der Waals surface area (Å²) in [6.45, 7) is 0.917. The van der Waals surface area contributed by atoms with Crippen LogP contribution in [0.3, 0.4) is 0 Å². The molecular formula is C21H26N4O7S. The van der Waals surface area contributed by atoms with Crippen LogP contribution in [0.15, 0.2) is 48.5 Å². The summed E-state index contributed by atoms with van der Waals surface area (Å²) in [5, 5.41) is 13.6. The molecule has 0 fully saturated rings. The molecule has 0 unspecified atom stereocenters. The average molecular weight is 479 g/mol. The number of amides is 2. The quantitative estimate of drug-likeness (QED) is 0.403. The Bertz CT molecular complexity index is 1120. The van der Waals surface area contributed by atoms with Crippen LogP contribution in [-0.2, 0) is 26.2 Å². The number of hydrogen-bond donors (Lipinski definition) is 1. The highest BCUT2D eigenvalue weighted by Crippen LogP contribution is 2.24. The summed E-state index contributed by atoms with van der Waals surface area (Å²) in [5.74, 6) is -0.470. The second-order valence-corrected chi connectivity index (χ2v) is 9.11. The Morgan fingerprint density at radius 2 is 1.82 bits per heavy atom. The topological polar surface area (TPSA) is 139 Å². The third kappa shape index (κ3) is 6.65. The maximum atomic E-state index is 13.3. The number of carbonyl (C=O) groups is 2. The SMILES string of the molecule is CNC(=O)[C@@H](C)N(Cc1ccc(OC)cc1)C(=O)CN(c1cccc([N+](=O)[O-])c1)S(C)(=O)=O. The first-order valence-electron chi connectivity index (χ1n) is 9.84. The molecule has 33 heavy (non-hydrogen) atoms. The fraction of sp³-hybridized carbons (Fsp3) is 0.333. The zero-order chi connectivity index (χ0) is 24.8. The van der Waals surface area contributed by atoms with Crippen LogP contribution in [0.1, 0.15) is 12.5 Å². The first-order chi connectivity index (χ1) is 15.5. The van der Waals surface area contributed by atoms with Gasteiger partial charge in [-0.15, -0.1) is 0 Å². The van der Waals surface area contributed by atoms with E-state index in [4.69, 9.17) is 4.74 Å². The predicted octanol–water partition coefficient (Wildman–Crippen LogP) is 1.53. The third-order valence-electron chi connectivity index (χ3n) is 4.93. The summed E-state index contributed by atoms with van der Waals surface area (Å²) in [5.41, 5.74) is 0.348. The van der Waals surface area contributed by atoms with Crippen LogP contribution in [0.4, 0.5) is 11.4 Å². The Morgan fingerprint density at radius 3 is 2.33 bits per heavy atom. The molecule has 0 heterocycles. The lowest BCUT2D eigenvalue weighted by molar-refractivity contribution is -0.384. The van der Waals surface area contributed by atoms with Crippen LogP contribution in [-0.4, -0.2) is 63.1 Å². The Hall–Kier alpha value is -3.67. The van der Waals surface area contributed by atoms with E-state index in [1.165, 1.54) is 44.2 Å². The van der Waals surface area contributed by atoms with Crippen molar-refractivity contribution in [3.63, 3.8) is 0 Å². The Morgan fingerprint density at radius 1 is 1.18 bits per heavy atom. The zero-order valence-corrected chi connectivity index (χ0v) is 19.5. The van der Waals surface area contributed by atoms with Crippen molar-refractivity contribution in [1.82, 2.24) is 10.2 Å². The minimum Gasteiger partial charge on any atom is -0.497 e. The van der Waals surface area contributed by atoms with Gasteiger partial charge in [-0.3, -0.25) is 24.0 Å². The highest BCUT2D eigenvalue weighted by Gasteiger charge is 2.30. The van der Waals surface area contributed by atoms with E-state index in [0.717, 1.165) is 16.6 Å². The molecule has 0 aliphatic rings. The molecule has 12 heteroatoms. The summed E-state index contributed by atoms with van der Waals surface area (Å²) in [7, 11) is -1.02. The zero-order valence-electron chi connectivity index (χ0n) is 18.7. The maximum Gasteiger partial charge on any atom is 0.271 e. The molecule has 2 aromatic rings. The number of hydrogen-bond acceptors (Lipinski definition) is 7. The van der Waals surface area contributed by atoms with Crippen molar-refractivity contribution >= 4 is 33.2 Å². The number of likely N-dealkylation sites (N-methyl/N-ethyl adjacent to an activating group) is 1. The number of benzene rings is 2. The Labute approximate surface area is 192 Å². The molecule has 0 radical (unpaired) electrons. The average Bonchev–Trinajstić information content (AvgIpc) is 2.79. The van der Waals surface area contributed by atoms with Gasteiger partial charge in [0.2, 0.25) is 21.8 Å². The Kier molecular flexibility index (Phi) is 8.35. The lowest BCUT2D eigenvalue weighted by Gasteiger charge is -2.31. The number of sulfonamides is 1. The lowest BCUT2D eigenvalue weighted by Crippen LogP contribution is -2.50. The largest absolute Gasteiger partial charge is 0.497 e. The van der Waals surface area contributed by atoms with Crippen LogP contribution in [0.5, 0.6) is 5.75 Å². The van der Waals surface area contributed by atoms with Gasteiger partial charge in [0, 0.05) is 25.7 Å². The second-order valence-electron chi connectivity index (χ2n) is 7.21. The molecule has 0 aromatic heterocycles. The van der Waals surface area contributed by atoms with E-state index >= 15 is 0 Å². The van der Waals surface area contributed by atoms with E-state index in [1.807, 2.05) is 0 Å². The van der Waals surface area contributed by atoms with Crippen molar-refractivity contribution < 1.29 is 27.7 Å². The van der Waals surface area contributed by atoms with Crippen LogP contribution in [0.25, 0.3) is 0 Å². The molecule has 2 aromatic carbocycles.